The van der Waals surface area contributed by atoms with Gasteiger partial charge in [-0.1, -0.05) is 6.07 Å². The highest BCUT2D eigenvalue weighted by molar-refractivity contribution is 6.43. The van der Waals surface area contributed by atoms with Crippen molar-refractivity contribution in [2.24, 2.45) is 0 Å². The third kappa shape index (κ3) is 5.17. The number of hydrogen-bond acceptors (Lipinski definition) is 5. The van der Waals surface area contributed by atoms with Gasteiger partial charge in [0.05, 0.1) is 12.7 Å². The van der Waals surface area contributed by atoms with E-state index in [1.807, 2.05) is 0 Å². The van der Waals surface area contributed by atoms with E-state index in [1.54, 1.807) is 36.4 Å². The first kappa shape index (κ1) is 18.7. The Balaban J connectivity index is 1.98. The highest BCUT2D eigenvalue weighted by Crippen LogP contribution is 2.14. The largest absolute Gasteiger partial charge is 0.465 e. The molecule has 0 bridgehead atoms. The molecule has 2 aromatic carbocycles. The second-order valence-electron chi connectivity index (χ2n) is 5.24. The molecule has 8 heteroatoms. The molecule has 2 rings (SSSR count). The molecule has 8 nitrogen and oxygen atoms in total. The Morgan fingerprint density at radius 2 is 1.31 bits per heavy atom. The van der Waals surface area contributed by atoms with Crippen molar-refractivity contribution in [1.82, 2.24) is 0 Å². The normalized spacial score (nSPS) is 9.77. The van der Waals surface area contributed by atoms with E-state index in [4.69, 9.17) is 0 Å². The van der Waals surface area contributed by atoms with E-state index in [1.165, 1.54) is 26.2 Å². The molecule has 134 valence electrons. The maximum absolute atomic E-state index is 12.0. The molecule has 0 aliphatic carbocycles. The lowest BCUT2D eigenvalue weighted by Crippen LogP contribution is -2.29. The van der Waals surface area contributed by atoms with E-state index in [2.05, 4.69) is 20.7 Å². The van der Waals surface area contributed by atoms with Crippen molar-refractivity contribution >= 4 is 40.8 Å². The molecule has 2 aromatic rings. The van der Waals surface area contributed by atoms with Gasteiger partial charge in [-0.15, -0.1) is 0 Å². The van der Waals surface area contributed by atoms with E-state index < -0.39 is 17.8 Å². The molecule has 3 N–H and O–H groups in total. The fraction of sp³-hybridized carbons (Fsp3) is 0.111. The van der Waals surface area contributed by atoms with Gasteiger partial charge in [-0.05, 0) is 42.5 Å². The molecule has 0 aliphatic rings. The molecular formula is C18H17N3O5. The van der Waals surface area contributed by atoms with Crippen molar-refractivity contribution in [3.63, 3.8) is 0 Å². The van der Waals surface area contributed by atoms with Gasteiger partial charge < -0.3 is 20.7 Å². The van der Waals surface area contributed by atoms with Crippen LogP contribution in [0.15, 0.2) is 48.5 Å². The second-order valence-corrected chi connectivity index (χ2v) is 5.24. The number of carbonyl (C=O) groups is 4. The number of carbonyl (C=O) groups excluding carboxylic acids is 4. The molecule has 0 saturated carbocycles. The monoisotopic (exact) mass is 355 g/mol. The van der Waals surface area contributed by atoms with Gasteiger partial charge in [0.1, 0.15) is 0 Å². The summed E-state index contributed by atoms with van der Waals surface area (Å²) in [5.74, 6) is -2.53. The third-order valence-electron chi connectivity index (χ3n) is 3.21. The predicted molar refractivity (Wildman–Crippen MR) is 95.8 cm³/mol. The molecule has 0 aliphatic heterocycles. The van der Waals surface area contributed by atoms with Crippen molar-refractivity contribution in [3.8, 4) is 0 Å². The van der Waals surface area contributed by atoms with Gasteiger partial charge in [0.2, 0.25) is 5.91 Å². The van der Waals surface area contributed by atoms with E-state index in [0.29, 0.717) is 11.4 Å². The highest BCUT2D eigenvalue weighted by atomic mass is 16.5. The molecule has 0 atom stereocenters. The average Bonchev–Trinajstić information content (AvgIpc) is 2.62. The topological polar surface area (TPSA) is 114 Å². The number of anilines is 3. The van der Waals surface area contributed by atoms with Gasteiger partial charge in [-0.3, -0.25) is 14.4 Å². The van der Waals surface area contributed by atoms with Gasteiger partial charge in [0, 0.05) is 24.0 Å². The fourth-order valence-corrected chi connectivity index (χ4v) is 2.06. The van der Waals surface area contributed by atoms with Crippen LogP contribution in [0.5, 0.6) is 0 Å². The number of rotatable bonds is 4. The zero-order valence-corrected chi connectivity index (χ0v) is 14.2. The first-order valence-electron chi connectivity index (χ1n) is 7.57. The van der Waals surface area contributed by atoms with Crippen molar-refractivity contribution in [3.05, 3.63) is 54.1 Å². The van der Waals surface area contributed by atoms with Crippen LogP contribution in [0.25, 0.3) is 0 Å². The number of benzene rings is 2. The van der Waals surface area contributed by atoms with Crippen LogP contribution < -0.4 is 16.0 Å². The SMILES string of the molecule is COC(=O)c1cccc(NC(=O)C(=O)Nc2ccc(NC(C)=O)cc2)c1. The summed E-state index contributed by atoms with van der Waals surface area (Å²) in [6.07, 6.45) is 0. The minimum atomic E-state index is -0.891. The van der Waals surface area contributed by atoms with E-state index in [-0.39, 0.29) is 17.2 Å². The maximum atomic E-state index is 12.0. The van der Waals surface area contributed by atoms with Crippen LogP contribution in [0, 0.1) is 0 Å². The van der Waals surface area contributed by atoms with Crippen molar-refractivity contribution in [1.29, 1.82) is 0 Å². The first-order chi connectivity index (χ1) is 12.4. The summed E-state index contributed by atoms with van der Waals surface area (Å²) < 4.78 is 4.60. The quantitative estimate of drug-likeness (QED) is 0.573. The second kappa shape index (κ2) is 8.43. The van der Waals surface area contributed by atoms with Crippen LogP contribution in [0.3, 0.4) is 0 Å². The van der Waals surface area contributed by atoms with Crippen LogP contribution in [0.1, 0.15) is 17.3 Å². The minimum Gasteiger partial charge on any atom is -0.465 e. The van der Waals surface area contributed by atoms with Crippen molar-refractivity contribution in [2.45, 2.75) is 6.92 Å². The number of nitrogens with one attached hydrogen (secondary N) is 3. The van der Waals surface area contributed by atoms with Crippen molar-refractivity contribution < 1.29 is 23.9 Å². The zero-order chi connectivity index (χ0) is 19.1. The van der Waals surface area contributed by atoms with Crippen LogP contribution in [-0.4, -0.2) is 30.8 Å². The van der Waals surface area contributed by atoms with Gasteiger partial charge >= 0.3 is 17.8 Å². The molecule has 0 heterocycles. The van der Waals surface area contributed by atoms with Crippen LogP contribution in [-0.2, 0) is 19.1 Å². The minimum absolute atomic E-state index is 0.213. The maximum Gasteiger partial charge on any atom is 0.337 e. The molecule has 0 aromatic heterocycles. The van der Waals surface area contributed by atoms with E-state index in [0.717, 1.165) is 0 Å². The molecular weight excluding hydrogens is 338 g/mol. The summed E-state index contributed by atoms with van der Waals surface area (Å²) in [6.45, 7) is 1.38. The smallest absolute Gasteiger partial charge is 0.337 e. The average molecular weight is 355 g/mol. The molecule has 0 fully saturated rings. The van der Waals surface area contributed by atoms with Gasteiger partial charge in [0.25, 0.3) is 0 Å². The van der Waals surface area contributed by atoms with Crippen LogP contribution in [0.4, 0.5) is 17.1 Å². The summed E-state index contributed by atoms with van der Waals surface area (Å²) in [5.41, 5.74) is 1.50. The van der Waals surface area contributed by atoms with E-state index in [9.17, 15) is 19.2 Å². The van der Waals surface area contributed by atoms with Crippen LogP contribution in [0.2, 0.25) is 0 Å². The Morgan fingerprint density at radius 1 is 0.769 bits per heavy atom. The highest BCUT2D eigenvalue weighted by Gasteiger charge is 2.15. The predicted octanol–water partition coefficient (Wildman–Crippen LogP) is 2.01. The number of hydrogen-bond donors (Lipinski definition) is 3. The molecule has 0 saturated heterocycles. The van der Waals surface area contributed by atoms with Gasteiger partial charge in [-0.25, -0.2) is 4.79 Å². The Hall–Kier alpha value is -3.68. The lowest BCUT2D eigenvalue weighted by atomic mass is 10.2. The van der Waals surface area contributed by atoms with Crippen molar-refractivity contribution in [2.75, 3.05) is 23.1 Å². The number of ether oxygens (including phenoxy) is 1. The Bertz CT molecular complexity index is 846. The number of methoxy groups -OCH3 is 1. The molecule has 3 amide bonds. The van der Waals surface area contributed by atoms with Gasteiger partial charge in [-0.2, -0.15) is 0 Å². The fourth-order valence-electron chi connectivity index (χ4n) is 2.06. The zero-order valence-electron chi connectivity index (χ0n) is 14.2. The summed E-state index contributed by atoms with van der Waals surface area (Å²) >= 11 is 0. The third-order valence-corrected chi connectivity index (χ3v) is 3.21. The Morgan fingerprint density at radius 3 is 1.85 bits per heavy atom. The van der Waals surface area contributed by atoms with E-state index >= 15 is 0 Å². The molecule has 0 radical (unpaired) electrons. The summed E-state index contributed by atoms with van der Waals surface area (Å²) in [6, 6.07) is 12.3. The summed E-state index contributed by atoms with van der Waals surface area (Å²) in [5, 5.41) is 7.43. The summed E-state index contributed by atoms with van der Waals surface area (Å²) in [4.78, 5) is 46.4. The molecule has 26 heavy (non-hydrogen) atoms. The first-order valence-corrected chi connectivity index (χ1v) is 7.57. The number of amides is 3. The summed E-state index contributed by atoms with van der Waals surface area (Å²) in [7, 11) is 1.25. The number of esters is 1. The Labute approximate surface area is 149 Å². The standard InChI is InChI=1S/C18H17N3O5/c1-11(22)19-13-6-8-14(9-7-13)20-16(23)17(24)21-15-5-3-4-12(10-15)18(25)26-2/h3-10H,1-2H3,(H,19,22)(H,20,23)(H,21,24). The van der Waals surface area contributed by atoms with Crippen LogP contribution >= 0.6 is 0 Å². The Kier molecular flexibility index (Phi) is 6.05. The molecule has 0 unspecified atom stereocenters. The lowest BCUT2D eigenvalue weighted by Gasteiger charge is -2.08. The molecule has 0 spiro atoms. The lowest BCUT2D eigenvalue weighted by molar-refractivity contribution is -0.132. The van der Waals surface area contributed by atoms with Gasteiger partial charge in [0.15, 0.2) is 0 Å².